The van der Waals surface area contributed by atoms with Crippen molar-refractivity contribution in [2.45, 2.75) is 37.7 Å². The molecule has 18 heavy (non-hydrogen) atoms. The molecule has 2 nitrogen and oxygen atoms in total. The Labute approximate surface area is 116 Å². The van der Waals surface area contributed by atoms with Crippen molar-refractivity contribution in [1.29, 1.82) is 0 Å². The minimum Gasteiger partial charge on any atom is -0.389 e. The molecule has 2 aliphatic rings. The van der Waals surface area contributed by atoms with Crippen molar-refractivity contribution < 1.29 is 9.84 Å². The zero-order valence-electron chi connectivity index (χ0n) is 10.5. The van der Waals surface area contributed by atoms with Crippen molar-refractivity contribution >= 4 is 15.9 Å². The van der Waals surface area contributed by atoms with Crippen LogP contribution in [0.25, 0.3) is 0 Å². The van der Waals surface area contributed by atoms with Gasteiger partial charge in [0.1, 0.15) is 0 Å². The van der Waals surface area contributed by atoms with E-state index in [4.69, 9.17) is 4.74 Å². The van der Waals surface area contributed by atoms with E-state index in [1.807, 2.05) is 0 Å². The molecule has 1 heterocycles. The molecule has 0 aromatic heterocycles. The lowest BCUT2D eigenvalue weighted by Gasteiger charge is -2.41. The zero-order valence-corrected chi connectivity index (χ0v) is 12.1. The van der Waals surface area contributed by atoms with Crippen LogP contribution in [0.5, 0.6) is 0 Å². The maximum Gasteiger partial charge on any atom is 0.0720 e. The van der Waals surface area contributed by atoms with E-state index in [1.165, 1.54) is 11.1 Å². The Kier molecular flexibility index (Phi) is 3.48. The van der Waals surface area contributed by atoms with E-state index in [0.717, 1.165) is 49.8 Å². The van der Waals surface area contributed by atoms with Crippen molar-refractivity contribution in [2.24, 2.45) is 5.92 Å². The normalized spacial score (nSPS) is 29.0. The van der Waals surface area contributed by atoms with Crippen molar-refractivity contribution in [3.63, 3.8) is 0 Å². The minimum atomic E-state index is -0.509. The third kappa shape index (κ3) is 2.36. The van der Waals surface area contributed by atoms with Gasteiger partial charge in [-0.05, 0) is 54.9 Å². The second-order valence-electron chi connectivity index (χ2n) is 5.58. The quantitative estimate of drug-likeness (QED) is 0.863. The van der Waals surface area contributed by atoms with Gasteiger partial charge in [0.2, 0.25) is 0 Å². The summed E-state index contributed by atoms with van der Waals surface area (Å²) in [7, 11) is 0. The van der Waals surface area contributed by atoms with E-state index in [0.29, 0.717) is 5.92 Å². The number of benzene rings is 1. The molecule has 1 aromatic rings. The molecule has 1 aliphatic carbocycles. The number of hydrogen-bond donors (Lipinski definition) is 1. The Morgan fingerprint density at radius 2 is 2.00 bits per heavy atom. The number of aliphatic hydroxyl groups is 1. The van der Waals surface area contributed by atoms with Gasteiger partial charge in [-0.1, -0.05) is 22.0 Å². The molecule has 3 heteroatoms. The number of rotatable bonds is 1. The molecule has 0 spiro atoms. The Morgan fingerprint density at radius 3 is 2.78 bits per heavy atom. The highest BCUT2D eigenvalue weighted by Crippen LogP contribution is 2.39. The van der Waals surface area contributed by atoms with Gasteiger partial charge in [0, 0.05) is 24.1 Å². The topological polar surface area (TPSA) is 29.5 Å². The summed E-state index contributed by atoms with van der Waals surface area (Å²) in [6.45, 7) is 1.61. The molecule has 0 radical (unpaired) electrons. The average molecular weight is 311 g/mol. The first-order valence-electron chi connectivity index (χ1n) is 6.75. The van der Waals surface area contributed by atoms with Gasteiger partial charge < -0.3 is 9.84 Å². The molecule has 0 saturated carbocycles. The first kappa shape index (κ1) is 12.6. The van der Waals surface area contributed by atoms with E-state index in [9.17, 15) is 5.11 Å². The molecule has 0 amide bonds. The molecular weight excluding hydrogens is 292 g/mol. The van der Waals surface area contributed by atoms with Crippen LogP contribution in [0.15, 0.2) is 22.7 Å². The van der Waals surface area contributed by atoms with Crippen LogP contribution < -0.4 is 0 Å². The molecule has 3 rings (SSSR count). The Bertz CT molecular complexity index is 440. The average Bonchev–Trinajstić information content (AvgIpc) is 2.40. The van der Waals surface area contributed by atoms with Gasteiger partial charge in [-0.3, -0.25) is 0 Å². The summed E-state index contributed by atoms with van der Waals surface area (Å²) in [6, 6.07) is 6.43. The summed E-state index contributed by atoms with van der Waals surface area (Å²) in [5.41, 5.74) is 2.20. The number of ether oxygens (including phenoxy) is 1. The Balaban J connectivity index is 1.82. The number of halogens is 1. The molecule has 1 aliphatic heterocycles. The lowest BCUT2D eigenvalue weighted by molar-refractivity contribution is -0.0733. The fourth-order valence-corrected chi connectivity index (χ4v) is 3.76. The summed E-state index contributed by atoms with van der Waals surface area (Å²) >= 11 is 3.52. The van der Waals surface area contributed by atoms with Crippen molar-refractivity contribution in [2.75, 3.05) is 13.2 Å². The summed E-state index contributed by atoms with van der Waals surface area (Å²) in [6.07, 6.45) is 4.69. The van der Waals surface area contributed by atoms with E-state index < -0.39 is 5.60 Å². The van der Waals surface area contributed by atoms with Gasteiger partial charge in [-0.25, -0.2) is 0 Å². The summed E-state index contributed by atoms with van der Waals surface area (Å²) < 4.78 is 6.54. The van der Waals surface area contributed by atoms with Crippen LogP contribution in [0.1, 0.15) is 30.4 Å². The molecule has 98 valence electrons. The fourth-order valence-electron chi connectivity index (χ4n) is 3.35. The maximum atomic E-state index is 10.9. The van der Waals surface area contributed by atoms with Crippen molar-refractivity contribution in [3.05, 3.63) is 33.8 Å². The Morgan fingerprint density at radius 1 is 1.22 bits per heavy atom. The Hall–Kier alpha value is -0.380. The number of fused-ring (bicyclic) bond motifs is 1. The second kappa shape index (κ2) is 4.95. The fraction of sp³-hybridized carbons (Fsp3) is 0.600. The smallest absolute Gasteiger partial charge is 0.0720 e. The lowest BCUT2D eigenvalue weighted by Crippen LogP contribution is -2.45. The predicted octanol–water partition coefficient (Wildman–Crippen LogP) is 3.10. The largest absolute Gasteiger partial charge is 0.389 e. The molecule has 1 aromatic carbocycles. The van der Waals surface area contributed by atoms with Crippen LogP contribution >= 0.6 is 15.9 Å². The number of hydrogen-bond acceptors (Lipinski definition) is 2. The first-order chi connectivity index (χ1) is 8.67. The second-order valence-corrected chi connectivity index (χ2v) is 6.50. The number of aryl methyl sites for hydroxylation is 1. The van der Waals surface area contributed by atoms with E-state index in [1.54, 1.807) is 0 Å². The highest BCUT2D eigenvalue weighted by atomic mass is 79.9. The van der Waals surface area contributed by atoms with Crippen LogP contribution in [-0.4, -0.2) is 23.9 Å². The van der Waals surface area contributed by atoms with Gasteiger partial charge in [-0.2, -0.15) is 0 Å². The van der Waals surface area contributed by atoms with Gasteiger partial charge in [0.05, 0.1) is 5.60 Å². The van der Waals surface area contributed by atoms with Gasteiger partial charge in [0.15, 0.2) is 0 Å². The van der Waals surface area contributed by atoms with Gasteiger partial charge >= 0.3 is 0 Å². The monoisotopic (exact) mass is 310 g/mol. The van der Waals surface area contributed by atoms with Crippen LogP contribution in [0.3, 0.4) is 0 Å². The molecule has 1 atom stereocenters. The molecule has 1 N–H and O–H groups in total. The van der Waals surface area contributed by atoms with Gasteiger partial charge in [0.25, 0.3) is 0 Å². The summed E-state index contributed by atoms with van der Waals surface area (Å²) in [4.78, 5) is 0. The van der Waals surface area contributed by atoms with Crippen molar-refractivity contribution in [1.82, 2.24) is 0 Å². The van der Waals surface area contributed by atoms with Crippen LogP contribution in [0.2, 0.25) is 0 Å². The first-order valence-corrected chi connectivity index (χ1v) is 7.54. The molecule has 0 bridgehead atoms. The zero-order chi connectivity index (χ0) is 12.6. The summed E-state index contributed by atoms with van der Waals surface area (Å²) in [5.74, 6) is 0.406. The maximum absolute atomic E-state index is 10.9. The molecule has 1 unspecified atom stereocenters. The van der Waals surface area contributed by atoms with Crippen LogP contribution in [-0.2, 0) is 17.6 Å². The van der Waals surface area contributed by atoms with Crippen molar-refractivity contribution in [3.8, 4) is 0 Å². The predicted molar refractivity (Wildman–Crippen MR) is 74.7 cm³/mol. The molecule has 1 fully saturated rings. The summed E-state index contributed by atoms with van der Waals surface area (Å²) in [5, 5.41) is 10.9. The lowest BCUT2D eigenvalue weighted by atomic mass is 9.71. The van der Waals surface area contributed by atoms with E-state index in [2.05, 4.69) is 34.1 Å². The standard InChI is InChI=1S/C15H19BrO2/c16-14-2-1-12-10-15(17,6-3-11(12)9-14)13-4-7-18-8-5-13/h1-2,9,13,17H,3-8,10H2. The van der Waals surface area contributed by atoms with Gasteiger partial charge in [-0.15, -0.1) is 0 Å². The van der Waals surface area contributed by atoms with E-state index >= 15 is 0 Å². The third-order valence-electron chi connectivity index (χ3n) is 4.47. The molecule has 1 saturated heterocycles. The third-order valence-corrected chi connectivity index (χ3v) is 4.97. The minimum absolute atomic E-state index is 0.406. The van der Waals surface area contributed by atoms with E-state index in [-0.39, 0.29) is 0 Å². The van der Waals surface area contributed by atoms with Crippen LogP contribution in [0.4, 0.5) is 0 Å². The highest BCUT2D eigenvalue weighted by Gasteiger charge is 2.40. The highest BCUT2D eigenvalue weighted by molar-refractivity contribution is 9.10. The molecular formula is C15H19BrO2. The SMILES string of the molecule is OC1(C2CCOCC2)CCc2cc(Br)ccc2C1. The van der Waals surface area contributed by atoms with Crippen LogP contribution in [0, 0.1) is 5.92 Å².